The summed E-state index contributed by atoms with van der Waals surface area (Å²) in [5.41, 5.74) is 5.06. The van der Waals surface area contributed by atoms with Gasteiger partial charge in [-0.15, -0.1) is 0 Å². The Morgan fingerprint density at radius 3 is 2.61 bits per heavy atom. The van der Waals surface area contributed by atoms with E-state index in [2.05, 4.69) is 9.88 Å². The Labute approximate surface area is 183 Å². The monoisotopic (exact) mass is 433 g/mol. The molecule has 0 aliphatic carbocycles. The van der Waals surface area contributed by atoms with Gasteiger partial charge < -0.3 is 19.2 Å². The SMILES string of the molecule is CCOC(=O)c1[nH]c2c(=O)n(C)cc3c2c1CN(c1ccc(Cl)cc1)c1ccccc1-3. The number of aryl methyl sites for hydroxylation is 1. The normalized spacial score (nSPS) is 12.5. The van der Waals surface area contributed by atoms with Crippen LogP contribution in [0.1, 0.15) is 23.0 Å². The van der Waals surface area contributed by atoms with Crippen LogP contribution in [-0.2, 0) is 18.3 Å². The van der Waals surface area contributed by atoms with Gasteiger partial charge in [0.1, 0.15) is 11.2 Å². The number of halogens is 1. The highest BCUT2D eigenvalue weighted by atomic mass is 35.5. The molecule has 3 heterocycles. The number of pyridine rings is 1. The molecule has 0 saturated heterocycles. The maximum atomic E-state index is 12.9. The van der Waals surface area contributed by atoms with Crippen molar-refractivity contribution in [2.24, 2.45) is 7.05 Å². The molecule has 0 fully saturated rings. The van der Waals surface area contributed by atoms with Gasteiger partial charge in [-0.3, -0.25) is 4.79 Å². The quantitative estimate of drug-likeness (QED) is 0.461. The molecule has 31 heavy (non-hydrogen) atoms. The van der Waals surface area contributed by atoms with E-state index in [4.69, 9.17) is 16.3 Å². The van der Waals surface area contributed by atoms with Crippen LogP contribution >= 0.6 is 11.6 Å². The molecule has 0 amide bonds. The van der Waals surface area contributed by atoms with Gasteiger partial charge in [-0.05, 0) is 37.3 Å². The Morgan fingerprint density at radius 2 is 1.87 bits per heavy atom. The van der Waals surface area contributed by atoms with E-state index in [1.54, 1.807) is 18.5 Å². The van der Waals surface area contributed by atoms with Crippen LogP contribution in [0.3, 0.4) is 0 Å². The number of ether oxygens (including phenoxy) is 1. The number of para-hydroxylation sites is 1. The first kappa shape index (κ1) is 19.5. The molecule has 4 aromatic rings. The highest BCUT2D eigenvalue weighted by Crippen LogP contribution is 2.44. The molecule has 2 aromatic heterocycles. The van der Waals surface area contributed by atoms with Crippen LogP contribution in [0.15, 0.2) is 59.5 Å². The Balaban J connectivity index is 1.86. The average molecular weight is 434 g/mol. The fourth-order valence-corrected chi connectivity index (χ4v) is 4.39. The smallest absolute Gasteiger partial charge is 0.355 e. The topological polar surface area (TPSA) is 67.3 Å². The third kappa shape index (κ3) is 3.02. The first-order chi connectivity index (χ1) is 15.0. The molecule has 0 spiro atoms. The van der Waals surface area contributed by atoms with Gasteiger partial charge in [0.05, 0.1) is 13.2 Å². The number of rotatable bonds is 3. The molecule has 1 aliphatic rings. The number of aromatic nitrogens is 2. The van der Waals surface area contributed by atoms with Gasteiger partial charge in [0.2, 0.25) is 0 Å². The number of hydrogen-bond donors (Lipinski definition) is 1. The molecule has 2 aromatic carbocycles. The van der Waals surface area contributed by atoms with Crippen molar-refractivity contribution in [3.63, 3.8) is 0 Å². The van der Waals surface area contributed by atoms with Crippen LogP contribution in [0.5, 0.6) is 0 Å². The zero-order valence-corrected chi connectivity index (χ0v) is 17.9. The van der Waals surface area contributed by atoms with E-state index in [0.29, 0.717) is 22.8 Å². The predicted molar refractivity (Wildman–Crippen MR) is 122 cm³/mol. The van der Waals surface area contributed by atoms with Crippen molar-refractivity contribution in [1.29, 1.82) is 0 Å². The minimum Gasteiger partial charge on any atom is -0.461 e. The van der Waals surface area contributed by atoms with Gasteiger partial charge in [0.25, 0.3) is 5.56 Å². The highest BCUT2D eigenvalue weighted by Gasteiger charge is 2.30. The zero-order valence-electron chi connectivity index (χ0n) is 17.1. The zero-order chi connectivity index (χ0) is 21.7. The Morgan fingerprint density at radius 1 is 1.13 bits per heavy atom. The van der Waals surface area contributed by atoms with E-state index in [9.17, 15) is 9.59 Å². The first-order valence-corrected chi connectivity index (χ1v) is 10.4. The Hall–Kier alpha value is -3.51. The maximum absolute atomic E-state index is 12.9. The van der Waals surface area contributed by atoms with E-state index in [1.807, 2.05) is 54.7 Å². The number of esters is 1. The second-order valence-electron chi connectivity index (χ2n) is 7.49. The lowest BCUT2D eigenvalue weighted by Gasteiger charge is -2.26. The molecule has 0 bridgehead atoms. The van der Waals surface area contributed by atoms with E-state index in [0.717, 1.165) is 33.5 Å². The summed E-state index contributed by atoms with van der Waals surface area (Å²) in [5, 5.41) is 1.41. The largest absolute Gasteiger partial charge is 0.461 e. The minimum absolute atomic E-state index is 0.187. The lowest BCUT2D eigenvalue weighted by molar-refractivity contribution is 0.0519. The van der Waals surface area contributed by atoms with Crippen LogP contribution < -0.4 is 10.5 Å². The predicted octanol–water partition coefficient (Wildman–Crippen LogP) is 5.02. The number of aromatic amines is 1. The summed E-state index contributed by atoms with van der Waals surface area (Å²) in [5.74, 6) is -0.469. The molecular weight excluding hydrogens is 414 g/mol. The fraction of sp³-hybridized carbons (Fsp3) is 0.167. The second kappa shape index (κ2) is 7.32. The van der Waals surface area contributed by atoms with Crippen LogP contribution in [0.2, 0.25) is 5.02 Å². The van der Waals surface area contributed by atoms with Crippen LogP contribution in [0, 0.1) is 0 Å². The number of benzene rings is 2. The molecule has 1 N–H and O–H groups in total. The summed E-state index contributed by atoms with van der Waals surface area (Å²) in [4.78, 5) is 30.9. The lowest BCUT2D eigenvalue weighted by Crippen LogP contribution is -2.18. The molecule has 0 atom stereocenters. The number of carbonyl (C=O) groups excluding carboxylic acids is 1. The molecule has 1 aliphatic heterocycles. The number of nitrogens with zero attached hydrogens (tertiary/aromatic N) is 2. The van der Waals surface area contributed by atoms with Crippen LogP contribution in [0.4, 0.5) is 11.4 Å². The van der Waals surface area contributed by atoms with Gasteiger partial charge >= 0.3 is 5.97 Å². The van der Waals surface area contributed by atoms with E-state index >= 15 is 0 Å². The van der Waals surface area contributed by atoms with Gasteiger partial charge in [-0.1, -0.05) is 29.8 Å². The summed E-state index contributed by atoms with van der Waals surface area (Å²) in [7, 11) is 1.72. The lowest BCUT2D eigenvalue weighted by atomic mass is 10.0. The van der Waals surface area contributed by atoms with E-state index < -0.39 is 5.97 Å². The minimum atomic E-state index is -0.469. The molecule has 6 nitrogen and oxygen atoms in total. The number of anilines is 2. The number of nitrogens with one attached hydrogen (secondary N) is 1. The summed E-state index contributed by atoms with van der Waals surface area (Å²) in [6, 6.07) is 15.6. The van der Waals surface area contributed by atoms with Crippen molar-refractivity contribution in [2.75, 3.05) is 11.5 Å². The van der Waals surface area contributed by atoms with Gasteiger partial charge in [-0.2, -0.15) is 0 Å². The van der Waals surface area contributed by atoms with Gasteiger partial charge in [-0.25, -0.2) is 4.79 Å². The molecule has 7 heteroatoms. The van der Waals surface area contributed by atoms with Crippen LogP contribution in [0.25, 0.3) is 22.0 Å². The number of fused-ring (bicyclic) bond motifs is 2. The van der Waals surface area contributed by atoms with Gasteiger partial charge in [0.15, 0.2) is 0 Å². The molecule has 156 valence electrons. The second-order valence-corrected chi connectivity index (χ2v) is 7.92. The highest BCUT2D eigenvalue weighted by molar-refractivity contribution is 6.30. The Bertz CT molecular complexity index is 1390. The summed E-state index contributed by atoms with van der Waals surface area (Å²) in [6.07, 6.45) is 1.83. The van der Waals surface area contributed by atoms with Crippen LogP contribution in [-0.4, -0.2) is 22.1 Å². The van der Waals surface area contributed by atoms with Crippen molar-refractivity contribution < 1.29 is 9.53 Å². The third-order valence-corrected chi connectivity index (χ3v) is 5.90. The summed E-state index contributed by atoms with van der Waals surface area (Å²) >= 11 is 6.12. The van der Waals surface area contributed by atoms with Crippen molar-refractivity contribution in [2.45, 2.75) is 13.5 Å². The maximum Gasteiger partial charge on any atom is 0.355 e. The van der Waals surface area contributed by atoms with Crippen molar-refractivity contribution in [3.05, 3.63) is 81.4 Å². The third-order valence-electron chi connectivity index (χ3n) is 5.65. The molecule has 0 radical (unpaired) electrons. The fourth-order valence-electron chi connectivity index (χ4n) is 4.26. The number of carbonyl (C=O) groups is 1. The first-order valence-electron chi connectivity index (χ1n) is 10.0. The molecular formula is C24H20ClN3O3. The molecule has 0 saturated carbocycles. The van der Waals surface area contributed by atoms with E-state index in [1.165, 1.54) is 0 Å². The summed E-state index contributed by atoms with van der Waals surface area (Å²) in [6.45, 7) is 2.41. The summed E-state index contributed by atoms with van der Waals surface area (Å²) < 4.78 is 6.84. The number of H-pyrrole nitrogens is 1. The molecule has 5 rings (SSSR count). The van der Waals surface area contributed by atoms with Crippen molar-refractivity contribution in [1.82, 2.24) is 9.55 Å². The van der Waals surface area contributed by atoms with Crippen molar-refractivity contribution in [3.8, 4) is 11.1 Å². The van der Waals surface area contributed by atoms with Gasteiger partial charge in [0, 0.05) is 51.7 Å². The molecule has 0 unspecified atom stereocenters. The Kier molecular flexibility index (Phi) is 4.59. The number of hydrogen-bond acceptors (Lipinski definition) is 4. The standard InChI is InChI=1S/C24H20ClN3O3/c1-3-31-24(30)21-18-13-28(15-10-8-14(25)9-11-15)19-7-5-4-6-16(19)17-12-27(2)23(29)22(26-21)20(17)18/h4-12,26H,3,13H2,1-2H3. The van der Waals surface area contributed by atoms with Crippen molar-refractivity contribution >= 4 is 39.8 Å². The average Bonchev–Trinajstić information content (AvgIpc) is 3.09. The van der Waals surface area contributed by atoms with E-state index in [-0.39, 0.29) is 12.2 Å².